The fourth-order valence-electron chi connectivity index (χ4n) is 4.82. The maximum atomic E-state index is 15.4. The summed E-state index contributed by atoms with van der Waals surface area (Å²) in [7, 11) is -2.91. The summed E-state index contributed by atoms with van der Waals surface area (Å²) in [6.45, 7) is 1.33. The van der Waals surface area contributed by atoms with Gasteiger partial charge in [-0.2, -0.15) is 4.98 Å². The quantitative estimate of drug-likeness (QED) is 0.410. The van der Waals surface area contributed by atoms with Gasteiger partial charge in [0.25, 0.3) is 0 Å². The van der Waals surface area contributed by atoms with Gasteiger partial charge in [-0.3, -0.25) is 4.90 Å². The first-order valence-electron chi connectivity index (χ1n) is 13.1. The van der Waals surface area contributed by atoms with Crippen molar-refractivity contribution in [3.8, 4) is 17.0 Å². The second kappa shape index (κ2) is 9.21. The Morgan fingerprint density at radius 1 is 1.33 bits per heavy atom. The van der Waals surface area contributed by atoms with Crippen LogP contribution in [-0.4, -0.2) is 92.8 Å². The smallest absolute Gasteiger partial charge is 0.244 e. The van der Waals surface area contributed by atoms with Crippen molar-refractivity contribution in [2.75, 3.05) is 45.3 Å². The molecule has 2 atom stereocenters. The van der Waals surface area contributed by atoms with Crippen molar-refractivity contribution in [3.63, 3.8) is 0 Å². The number of hydrogen-bond donors (Lipinski definition) is 1. The number of benzene rings is 1. The van der Waals surface area contributed by atoms with Crippen molar-refractivity contribution in [2.24, 2.45) is 0 Å². The number of piperidine rings is 1. The van der Waals surface area contributed by atoms with Crippen LogP contribution in [0.4, 0.5) is 19.1 Å². The minimum atomic E-state index is -2.91. The van der Waals surface area contributed by atoms with Gasteiger partial charge in [0, 0.05) is 13.1 Å². The van der Waals surface area contributed by atoms with E-state index < -0.39 is 37.6 Å². The molecule has 36 heavy (non-hydrogen) atoms. The molecule has 0 radical (unpaired) electrons. The molecule has 3 aromatic heterocycles. The third-order valence-electron chi connectivity index (χ3n) is 6.77. The Hall–Kier alpha value is -3.45. The molecule has 2 saturated heterocycles. The van der Waals surface area contributed by atoms with Gasteiger partial charge in [-0.15, -0.1) is 10.2 Å². The molecular weight excluding hydrogens is 477 g/mol. The van der Waals surface area contributed by atoms with Gasteiger partial charge in [-0.25, -0.2) is 22.4 Å². The van der Waals surface area contributed by atoms with Gasteiger partial charge in [0.15, 0.2) is 5.82 Å². The largest absolute Gasteiger partial charge is 0.479 e. The topological polar surface area (TPSA) is 94.6 Å². The second-order valence-electron chi connectivity index (χ2n) is 8.93. The van der Waals surface area contributed by atoms with E-state index in [1.165, 1.54) is 4.68 Å². The maximum Gasteiger partial charge on any atom is 0.244 e. The number of fused-ring (bicyclic) bond motifs is 2. The zero-order chi connectivity index (χ0) is 27.3. The van der Waals surface area contributed by atoms with Crippen LogP contribution in [0.5, 0.6) is 5.88 Å². The highest BCUT2D eigenvalue weighted by Gasteiger charge is 2.36. The Morgan fingerprint density at radius 3 is 2.97 bits per heavy atom. The highest BCUT2D eigenvalue weighted by Crippen LogP contribution is 2.35. The summed E-state index contributed by atoms with van der Waals surface area (Å²) in [5.74, 6) is -1.22. The molecule has 6 rings (SSSR count). The van der Waals surface area contributed by atoms with Gasteiger partial charge in [0.2, 0.25) is 11.8 Å². The lowest BCUT2D eigenvalue weighted by molar-refractivity contribution is -0.0794. The van der Waals surface area contributed by atoms with Crippen LogP contribution in [0.1, 0.15) is 10.5 Å². The summed E-state index contributed by atoms with van der Waals surface area (Å²) in [6, 6.07) is 4.33. The van der Waals surface area contributed by atoms with E-state index in [0.29, 0.717) is 42.8 Å². The van der Waals surface area contributed by atoms with Gasteiger partial charge < -0.3 is 14.8 Å². The van der Waals surface area contributed by atoms with E-state index in [2.05, 4.69) is 25.7 Å². The minimum Gasteiger partial charge on any atom is -0.479 e. The standard InChI is InChI=1S/C23H25F3N8O2/c1-35-22-21-20(13-2-3-18-19(8-13)33(7-5-24)31-29-18)16(26)10-34(21)30-23(28-22)27-17-4-6-32(9-15(17)25)14-11-36-12-14/h2-3,8,10,14-15,17H,4-7,9,11-12H2,1H3,(H,27,30)/t15-,17+/m0/s1/i1D3. The molecule has 10 nitrogen and oxygen atoms in total. The number of aryl methyl sites for hydroxylation is 1. The Labute approximate surface area is 208 Å². The average molecular weight is 506 g/mol. The van der Waals surface area contributed by atoms with E-state index in [1.54, 1.807) is 18.2 Å². The van der Waals surface area contributed by atoms with E-state index in [-0.39, 0.29) is 36.2 Å². The highest BCUT2D eigenvalue weighted by atomic mass is 19.1. The van der Waals surface area contributed by atoms with Crippen LogP contribution in [0.3, 0.4) is 0 Å². The number of likely N-dealkylation sites (tertiary alicyclic amines) is 1. The summed E-state index contributed by atoms with van der Waals surface area (Å²) in [5, 5.41) is 15.1. The Balaban J connectivity index is 1.37. The first-order chi connectivity index (χ1) is 18.7. The van der Waals surface area contributed by atoms with Crippen molar-refractivity contribution in [2.45, 2.75) is 31.2 Å². The van der Waals surface area contributed by atoms with Crippen LogP contribution in [0.15, 0.2) is 24.4 Å². The Bertz CT molecular complexity index is 1510. The number of rotatable bonds is 7. The van der Waals surface area contributed by atoms with Crippen LogP contribution < -0.4 is 10.1 Å². The van der Waals surface area contributed by atoms with E-state index in [4.69, 9.17) is 13.6 Å². The van der Waals surface area contributed by atoms with Crippen molar-refractivity contribution in [3.05, 3.63) is 30.2 Å². The predicted octanol–water partition coefficient (Wildman–Crippen LogP) is 2.48. The van der Waals surface area contributed by atoms with Gasteiger partial charge in [-0.05, 0) is 24.1 Å². The number of halogens is 3. The van der Waals surface area contributed by atoms with E-state index in [0.717, 1.165) is 10.7 Å². The summed E-state index contributed by atoms with van der Waals surface area (Å²) < 4.78 is 79.2. The summed E-state index contributed by atoms with van der Waals surface area (Å²) in [4.78, 5) is 6.26. The first-order valence-corrected chi connectivity index (χ1v) is 11.6. The molecule has 0 unspecified atom stereocenters. The van der Waals surface area contributed by atoms with Crippen LogP contribution in [0, 0.1) is 5.82 Å². The molecule has 4 aromatic rings. The average Bonchev–Trinajstić information content (AvgIpc) is 3.38. The van der Waals surface area contributed by atoms with Gasteiger partial charge >= 0.3 is 0 Å². The third kappa shape index (κ3) is 3.91. The molecule has 2 fully saturated rings. The lowest BCUT2D eigenvalue weighted by Crippen LogP contribution is -2.57. The number of hydrogen-bond acceptors (Lipinski definition) is 8. The molecule has 5 heterocycles. The summed E-state index contributed by atoms with van der Waals surface area (Å²) >= 11 is 0. The molecule has 1 aromatic carbocycles. The summed E-state index contributed by atoms with van der Waals surface area (Å²) in [6.07, 6.45) is 0.287. The van der Waals surface area contributed by atoms with Crippen molar-refractivity contribution in [1.82, 2.24) is 34.5 Å². The second-order valence-corrected chi connectivity index (χ2v) is 8.93. The van der Waals surface area contributed by atoms with E-state index in [9.17, 15) is 4.39 Å². The number of anilines is 1. The number of alkyl halides is 2. The van der Waals surface area contributed by atoms with Gasteiger partial charge in [-0.1, -0.05) is 11.3 Å². The summed E-state index contributed by atoms with van der Waals surface area (Å²) in [5.41, 5.74) is 1.23. The molecule has 0 bridgehead atoms. The number of aromatic nitrogens is 6. The molecule has 13 heteroatoms. The van der Waals surface area contributed by atoms with Gasteiger partial charge in [0.05, 0.1) is 60.3 Å². The molecule has 1 N–H and O–H groups in total. The third-order valence-corrected chi connectivity index (χ3v) is 6.77. The van der Waals surface area contributed by atoms with Gasteiger partial charge in [0.1, 0.15) is 23.9 Å². The van der Waals surface area contributed by atoms with Crippen LogP contribution >= 0.6 is 0 Å². The fraction of sp³-hybridized carbons (Fsp3) is 0.478. The molecule has 0 spiro atoms. The van der Waals surface area contributed by atoms with Crippen molar-refractivity contribution >= 4 is 22.5 Å². The Kier molecular flexibility index (Phi) is 5.04. The monoisotopic (exact) mass is 505 g/mol. The van der Waals surface area contributed by atoms with Crippen LogP contribution in [0.25, 0.3) is 27.7 Å². The number of ether oxygens (including phenoxy) is 2. The molecule has 0 saturated carbocycles. The predicted molar refractivity (Wildman–Crippen MR) is 125 cm³/mol. The molecule has 2 aliphatic heterocycles. The zero-order valence-corrected chi connectivity index (χ0v) is 19.1. The first kappa shape index (κ1) is 19.7. The van der Waals surface area contributed by atoms with Crippen molar-refractivity contribution in [1.29, 1.82) is 0 Å². The SMILES string of the molecule is [2H]C([2H])([2H])Oc1nc(N[C@@H]2CCN(C3COC3)C[C@@H]2F)nn2cc(F)c(-c3ccc4nnn(CCF)c4c3)c12. The van der Waals surface area contributed by atoms with Crippen molar-refractivity contribution < 1.29 is 26.8 Å². The lowest BCUT2D eigenvalue weighted by Gasteiger charge is -2.42. The van der Waals surface area contributed by atoms with E-state index >= 15 is 8.78 Å². The van der Waals surface area contributed by atoms with E-state index in [1.807, 2.05) is 4.90 Å². The lowest BCUT2D eigenvalue weighted by atomic mass is 10.0. The maximum absolute atomic E-state index is 15.4. The number of nitrogens with zero attached hydrogens (tertiary/aromatic N) is 7. The fourth-order valence-corrected chi connectivity index (χ4v) is 4.82. The normalized spacial score (nSPS) is 22.8. The number of nitrogens with one attached hydrogen (secondary N) is 1. The molecule has 190 valence electrons. The zero-order valence-electron chi connectivity index (χ0n) is 22.1. The van der Waals surface area contributed by atoms with Crippen LogP contribution in [0.2, 0.25) is 0 Å². The molecule has 0 amide bonds. The molecular formula is C23H25F3N8O2. The highest BCUT2D eigenvalue weighted by molar-refractivity contribution is 5.89. The van der Waals surface area contributed by atoms with Crippen LogP contribution in [-0.2, 0) is 11.3 Å². The Morgan fingerprint density at radius 2 is 2.22 bits per heavy atom. The minimum absolute atomic E-state index is 0.0184. The number of methoxy groups -OCH3 is 1. The molecule has 2 aliphatic rings. The molecule has 0 aliphatic carbocycles.